The third-order valence-corrected chi connectivity index (χ3v) is 4.24. The summed E-state index contributed by atoms with van der Waals surface area (Å²) in [6.07, 6.45) is 1.36. The molecule has 0 spiro atoms. The molecule has 0 bridgehead atoms. The largest absolute Gasteiger partial charge is 0.478 e. The van der Waals surface area contributed by atoms with Crippen LogP contribution in [-0.4, -0.2) is 30.7 Å². The fourth-order valence-electron chi connectivity index (χ4n) is 2.91. The molecular formula is C19H14F3NO4. The van der Waals surface area contributed by atoms with E-state index < -0.39 is 41.9 Å². The summed E-state index contributed by atoms with van der Waals surface area (Å²) in [6, 6.07) is 6.43. The quantitative estimate of drug-likeness (QED) is 0.827. The Bertz CT molecular complexity index is 958. The third-order valence-electron chi connectivity index (χ3n) is 4.24. The zero-order valence-electron chi connectivity index (χ0n) is 14.1. The second kappa shape index (κ2) is 7.14. The molecule has 0 aromatic heterocycles. The molecule has 27 heavy (non-hydrogen) atoms. The zero-order valence-corrected chi connectivity index (χ0v) is 14.1. The Labute approximate surface area is 152 Å². The van der Waals surface area contributed by atoms with Crippen molar-refractivity contribution in [2.75, 3.05) is 18.6 Å². The van der Waals surface area contributed by atoms with Crippen molar-refractivity contribution in [3.63, 3.8) is 0 Å². The molecule has 0 saturated carbocycles. The lowest BCUT2D eigenvalue weighted by molar-refractivity contribution is -0.133. The summed E-state index contributed by atoms with van der Waals surface area (Å²) in [5, 5.41) is 9.45. The summed E-state index contributed by atoms with van der Waals surface area (Å²) in [4.78, 5) is 25.2. The van der Waals surface area contributed by atoms with Gasteiger partial charge in [0.2, 0.25) is 0 Å². The van der Waals surface area contributed by atoms with Crippen molar-refractivity contribution in [1.82, 2.24) is 0 Å². The Balaban J connectivity index is 1.88. The number of hydrogen-bond acceptors (Lipinski definition) is 4. The number of nitrogens with zero attached hydrogens (tertiary/aromatic N) is 1. The van der Waals surface area contributed by atoms with E-state index in [1.54, 1.807) is 7.05 Å². The molecule has 2 aromatic rings. The number of carbonyl (C=O) groups excluding carboxylic acids is 1. The number of halogens is 3. The lowest BCUT2D eigenvalue weighted by atomic mass is 9.88. The number of anilines is 1. The minimum Gasteiger partial charge on any atom is -0.478 e. The van der Waals surface area contributed by atoms with Crippen molar-refractivity contribution in [2.45, 2.75) is 5.92 Å². The summed E-state index contributed by atoms with van der Waals surface area (Å²) in [6.45, 7) is -0.403. The van der Waals surface area contributed by atoms with Gasteiger partial charge in [-0.15, -0.1) is 0 Å². The molecular weight excluding hydrogens is 363 g/mol. The average molecular weight is 377 g/mol. The summed E-state index contributed by atoms with van der Waals surface area (Å²) in [7, 11) is 1.61. The van der Waals surface area contributed by atoms with Crippen LogP contribution in [0.4, 0.5) is 18.9 Å². The zero-order chi connectivity index (χ0) is 19.7. The van der Waals surface area contributed by atoms with E-state index in [1.807, 2.05) is 0 Å². The lowest BCUT2D eigenvalue weighted by Crippen LogP contribution is -2.27. The van der Waals surface area contributed by atoms with Crippen molar-refractivity contribution in [3.05, 3.63) is 76.7 Å². The molecule has 3 rings (SSSR count). The van der Waals surface area contributed by atoms with Gasteiger partial charge in [0.1, 0.15) is 12.4 Å². The number of esters is 1. The monoisotopic (exact) mass is 377 g/mol. The molecule has 1 aliphatic heterocycles. The molecule has 2 aromatic carbocycles. The van der Waals surface area contributed by atoms with Crippen LogP contribution in [0.3, 0.4) is 0 Å². The van der Waals surface area contributed by atoms with E-state index in [0.29, 0.717) is 17.3 Å². The maximum atomic E-state index is 13.7. The lowest BCUT2D eigenvalue weighted by Gasteiger charge is -2.30. The second-order valence-electron chi connectivity index (χ2n) is 5.98. The first-order valence-electron chi connectivity index (χ1n) is 7.87. The Hall–Kier alpha value is -3.29. The van der Waals surface area contributed by atoms with Crippen LogP contribution in [0.15, 0.2) is 48.2 Å². The van der Waals surface area contributed by atoms with E-state index in [-0.39, 0.29) is 11.1 Å². The third kappa shape index (κ3) is 3.64. The van der Waals surface area contributed by atoms with Gasteiger partial charge in [-0.2, -0.15) is 0 Å². The number of ether oxygens (including phenoxy) is 1. The molecule has 8 heteroatoms. The number of benzene rings is 2. The van der Waals surface area contributed by atoms with Crippen LogP contribution in [0.1, 0.15) is 21.8 Å². The predicted octanol–water partition coefficient (Wildman–Crippen LogP) is 3.46. The van der Waals surface area contributed by atoms with Crippen LogP contribution in [0.25, 0.3) is 0 Å². The molecule has 0 radical (unpaired) electrons. The summed E-state index contributed by atoms with van der Waals surface area (Å²) in [5.41, 5.74) is 0.599. The number of aliphatic carboxylic acids is 1. The number of carboxylic acids is 1. The molecule has 0 saturated heterocycles. The molecule has 1 atom stereocenters. The van der Waals surface area contributed by atoms with Gasteiger partial charge in [0.05, 0.1) is 17.1 Å². The van der Waals surface area contributed by atoms with E-state index >= 15 is 0 Å². The van der Waals surface area contributed by atoms with Gasteiger partial charge in [0, 0.05) is 18.9 Å². The van der Waals surface area contributed by atoms with E-state index in [2.05, 4.69) is 0 Å². The number of rotatable bonds is 4. The fraction of sp³-hybridized carbons (Fsp3) is 0.158. The van der Waals surface area contributed by atoms with Crippen LogP contribution >= 0.6 is 0 Å². The van der Waals surface area contributed by atoms with Gasteiger partial charge < -0.3 is 14.7 Å². The highest BCUT2D eigenvalue weighted by molar-refractivity contribution is 5.92. The molecule has 1 unspecified atom stereocenters. The van der Waals surface area contributed by atoms with Crippen LogP contribution in [0, 0.1) is 17.5 Å². The highest BCUT2D eigenvalue weighted by Gasteiger charge is 2.31. The SMILES string of the molecule is CN1C=C(C(=O)O)C(COC(=O)c2ccc(F)c(F)c2)c2cc(F)ccc21. The first-order chi connectivity index (χ1) is 12.8. The minimum atomic E-state index is -1.24. The van der Waals surface area contributed by atoms with Crippen molar-refractivity contribution in [3.8, 4) is 0 Å². The maximum Gasteiger partial charge on any atom is 0.338 e. The molecule has 1 aliphatic rings. The van der Waals surface area contributed by atoms with Crippen LogP contribution in [0.2, 0.25) is 0 Å². The first-order valence-corrected chi connectivity index (χ1v) is 7.87. The van der Waals surface area contributed by atoms with Gasteiger partial charge in [-0.1, -0.05) is 0 Å². The van der Waals surface area contributed by atoms with Crippen LogP contribution in [-0.2, 0) is 9.53 Å². The summed E-state index contributed by atoms with van der Waals surface area (Å²) in [5.74, 6) is -5.99. The van der Waals surface area contributed by atoms with Crippen molar-refractivity contribution >= 4 is 17.6 Å². The molecule has 1 heterocycles. The summed E-state index contributed by atoms with van der Waals surface area (Å²) >= 11 is 0. The Morgan fingerprint density at radius 2 is 1.85 bits per heavy atom. The number of carboxylic acid groups (broad SMARTS) is 1. The topological polar surface area (TPSA) is 66.8 Å². The number of hydrogen-bond donors (Lipinski definition) is 1. The highest BCUT2D eigenvalue weighted by atomic mass is 19.2. The molecule has 5 nitrogen and oxygen atoms in total. The van der Waals surface area contributed by atoms with Gasteiger partial charge in [0.25, 0.3) is 0 Å². The Morgan fingerprint density at radius 1 is 1.11 bits per heavy atom. The van der Waals surface area contributed by atoms with Crippen molar-refractivity contribution in [2.24, 2.45) is 0 Å². The fourth-order valence-corrected chi connectivity index (χ4v) is 2.91. The first kappa shape index (κ1) is 18.5. The maximum absolute atomic E-state index is 13.7. The predicted molar refractivity (Wildman–Crippen MR) is 89.9 cm³/mol. The van der Waals surface area contributed by atoms with Gasteiger partial charge in [0.15, 0.2) is 11.6 Å². The Morgan fingerprint density at radius 3 is 2.52 bits per heavy atom. The van der Waals surface area contributed by atoms with Gasteiger partial charge in [-0.25, -0.2) is 22.8 Å². The molecule has 0 amide bonds. The molecule has 140 valence electrons. The van der Waals surface area contributed by atoms with Gasteiger partial charge in [-0.05, 0) is 42.0 Å². The van der Waals surface area contributed by atoms with Crippen molar-refractivity contribution < 1.29 is 32.6 Å². The van der Waals surface area contributed by atoms with E-state index in [1.165, 1.54) is 29.3 Å². The Kier molecular flexibility index (Phi) is 4.89. The highest BCUT2D eigenvalue weighted by Crippen LogP contribution is 2.38. The van der Waals surface area contributed by atoms with Gasteiger partial charge in [-0.3, -0.25) is 0 Å². The average Bonchev–Trinajstić information content (AvgIpc) is 2.62. The standard InChI is InChI=1S/C19H14F3NO4/c1-23-8-13(18(24)25)14(12-7-11(20)3-5-17(12)23)9-27-19(26)10-2-4-15(21)16(22)6-10/h2-8,14H,9H2,1H3,(H,24,25). The number of fused-ring (bicyclic) bond motifs is 1. The van der Waals surface area contributed by atoms with Crippen LogP contribution < -0.4 is 4.90 Å². The normalized spacial score (nSPS) is 15.8. The molecule has 0 aliphatic carbocycles. The van der Waals surface area contributed by atoms with Crippen molar-refractivity contribution in [1.29, 1.82) is 0 Å². The van der Waals surface area contributed by atoms with E-state index in [4.69, 9.17) is 4.74 Å². The van der Waals surface area contributed by atoms with E-state index in [0.717, 1.165) is 12.1 Å². The smallest absolute Gasteiger partial charge is 0.338 e. The summed E-state index contributed by atoms with van der Waals surface area (Å²) < 4.78 is 45.0. The molecule has 1 N–H and O–H groups in total. The van der Waals surface area contributed by atoms with Crippen LogP contribution in [0.5, 0.6) is 0 Å². The van der Waals surface area contributed by atoms with E-state index in [9.17, 15) is 27.9 Å². The number of carbonyl (C=O) groups is 2. The molecule has 0 fully saturated rings. The second-order valence-corrected chi connectivity index (χ2v) is 5.98. The minimum absolute atomic E-state index is 0.0892. The van der Waals surface area contributed by atoms with Gasteiger partial charge >= 0.3 is 11.9 Å².